The standard InChI is InChI=1S/C60H64O34/c61-19-35-44(71)48(75)52(79)57(91-35)86-28-9-3-24(4-10-28)6-12-41(68)84-21-37-46(73)50(77)54(81)59(93-37)89-33-14-25(13-32(43(33)70)88-58-53(80)49(76)45(72)36(92-58)20-83-40(67)11-5-23-1-7-26(62)8-2-23)56-34(17-29-30(64)15-27(63)16-31(29)87-56)90-60-55(82)51(78)47(74)38(94-60)22-85-42(69)18-39(65)66/h1-17,35-38,44-55,57-61,71-82H,18-22H2,(H4-,62,63,64,65,66,67,70)/b12-6+. The van der Waals surface area contributed by atoms with E-state index in [9.17, 15) is 111 Å². The van der Waals surface area contributed by atoms with Crippen molar-refractivity contribution >= 4 is 47.0 Å². The first-order chi connectivity index (χ1) is 44.7. The van der Waals surface area contributed by atoms with Crippen molar-refractivity contribution in [2.45, 2.75) is 129 Å². The van der Waals surface area contributed by atoms with Gasteiger partial charge < -0.3 is 149 Å². The smallest absolute Gasteiger partial charge is 0.402 e. The number of fused-ring (bicyclic) bond motifs is 1. The van der Waals surface area contributed by atoms with Crippen molar-refractivity contribution in [2.75, 3.05) is 26.4 Å². The van der Waals surface area contributed by atoms with Crippen molar-refractivity contribution in [1.82, 2.24) is 0 Å². The molecular weight excluding hydrogens is 1260 g/mol. The number of carbonyl (C=O) groups is 4. The van der Waals surface area contributed by atoms with Crippen LogP contribution < -0.4 is 24.1 Å². The molecule has 94 heavy (non-hydrogen) atoms. The van der Waals surface area contributed by atoms with E-state index in [1.807, 2.05) is 0 Å². The molecule has 4 aromatic carbocycles. The van der Waals surface area contributed by atoms with Gasteiger partial charge in [-0.3, -0.25) is 4.79 Å². The van der Waals surface area contributed by atoms with Crippen molar-refractivity contribution in [3.05, 3.63) is 102 Å². The minimum Gasteiger partial charge on any atom is -0.550 e. The van der Waals surface area contributed by atoms with Gasteiger partial charge in [0.15, 0.2) is 11.5 Å². The average molecular weight is 1330 g/mol. The first-order valence-corrected chi connectivity index (χ1v) is 28.4. The van der Waals surface area contributed by atoms with Crippen LogP contribution in [0.3, 0.4) is 0 Å². The van der Waals surface area contributed by atoms with Gasteiger partial charge in [0.05, 0.1) is 30.6 Å². The number of aliphatic hydroxyl groups is 13. The molecule has 0 amide bonds. The Morgan fingerprint density at radius 3 is 1.34 bits per heavy atom. The molecule has 4 fully saturated rings. The zero-order chi connectivity index (χ0) is 68.0. The first kappa shape index (κ1) is 69.7. The topological polar surface area (TPSA) is 548 Å². The lowest BCUT2D eigenvalue weighted by atomic mass is 9.99. The number of carboxylic acids is 1. The Kier molecular flexibility index (Phi) is 22.4. The van der Waals surface area contributed by atoms with E-state index in [1.54, 1.807) is 0 Å². The van der Waals surface area contributed by atoms with Crippen LogP contribution in [0, 0.1) is 0 Å². The van der Waals surface area contributed by atoms with Gasteiger partial charge in [-0.25, -0.2) is 14.0 Å². The Labute approximate surface area is 528 Å². The van der Waals surface area contributed by atoms with Crippen LogP contribution in [0.5, 0.6) is 46.0 Å². The third kappa shape index (κ3) is 16.3. The number of aromatic hydroxyl groups is 4. The summed E-state index contributed by atoms with van der Waals surface area (Å²) in [5, 5.41) is 194. The highest BCUT2D eigenvalue weighted by Crippen LogP contribution is 2.47. The fourth-order valence-electron chi connectivity index (χ4n) is 9.84. The Morgan fingerprint density at radius 1 is 0.468 bits per heavy atom. The summed E-state index contributed by atoms with van der Waals surface area (Å²) < 4.78 is 67.6. The maximum absolute atomic E-state index is 13.1. The van der Waals surface area contributed by atoms with E-state index in [1.165, 1.54) is 60.7 Å². The lowest BCUT2D eigenvalue weighted by Crippen LogP contribution is -2.60. The van der Waals surface area contributed by atoms with Crippen LogP contribution in [-0.4, -0.2) is 260 Å². The van der Waals surface area contributed by atoms with E-state index >= 15 is 0 Å². The molecule has 0 bridgehead atoms. The molecule has 4 aliphatic heterocycles. The SMILES string of the molecule is O=C([O-])CC(=O)OCC1OC(Oc2cc3c(O)cc(O)cc3[o+]c2-c2cc(OC3OC(COC(=O)/C=C/c4ccc(O)cc4)C(O)C(O)C3O)c(O)c(OC3OC(COC(=O)/C=C/c4ccc(OC5OC(CO)C(O)C(O)C5O)cc4)C(O)C(O)C3O)c2)C(O)C(O)C1O. The molecule has 34 nitrogen and oxygen atoms in total. The number of phenolic OH excluding ortho intramolecular Hbond substituents is 4. The summed E-state index contributed by atoms with van der Waals surface area (Å²) in [5.74, 6) is -10.5. The summed E-state index contributed by atoms with van der Waals surface area (Å²) in [4.78, 5) is 48.9. The zero-order valence-electron chi connectivity index (χ0n) is 48.4. The molecule has 20 atom stereocenters. The maximum atomic E-state index is 13.1. The fourth-order valence-corrected chi connectivity index (χ4v) is 9.84. The number of hydrogen-bond acceptors (Lipinski definition) is 33. The molecule has 0 radical (unpaired) electrons. The number of esters is 3. The van der Waals surface area contributed by atoms with E-state index < -0.39 is 225 Å². The first-order valence-electron chi connectivity index (χ1n) is 28.4. The van der Waals surface area contributed by atoms with E-state index in [2.05, 4.69) is 0 Å². The Morgan fingerprint density at radius 2 is 0.883 bits per heavy atom. The van der Waals surface area contributed by atoms with E-state index in [0.717, 1.165) is 42.5 Å². The van der Waals surface area contributed by atoms with Crippen molar-refractivity contribution < 1.29 is 168 Å². The van der Waals surface area contributed by atoms with Crippen molar-refractivity contribution in [3.63, 3.8) is 0 Å². The summed E-state index contributed by atoms with van der Waals surface area (Å²) in [6.45, 7) is -3.31. The summed E-state index contributed by atoms with van der Waals surface area (Å²) in [7, 11) is 0. The van der Waals surface area contributed by atoms with Crippen LogP contribution in [0.4, 0.5) is 0 Å². The van der Waals surface area contributed by atoms with Crippen LogP contribution >= 0.6 is 0 Å². The number of phenols is 4. The summed E-state index contributed by atoms with van der Waals surface area (Å²) in [5.41, 5.74) is 0.0424. The van der Waals surface area contributed by atoms with Crippen LogP contribution in [0.1, 0.15) is 17.5 Å². The van der Waals surface area contributed by atoms with Gasteiger partial charge in [-0.2, -0.15) is 0 Å². The Hall–Kier alpha value is -8.63. The predicted molar refractivity (Wildman–Crippen MR) is 302 cm³/mol. The minimum atomic E-state index is -2.24. The molecule has 508 valence electrons. The molecule has 17 N–H and O–H groups in total. The van der Waals surface area contributed by atoms with Crippen molar-refractivity contribution in [3.8, 4) is 57.3 Å². The van der Waals surface area contributed by atoms with E-state index in [4.69, 9.17) is 56.5 Å². The Balaban J connectivity index is 1.00. The molecule has 0 saturated carbocycles. The number of aliphatic carboxylic acids is 1. The molecule has 5 heterocycles. The molecule has 4 saturated heterocycles. The third-order valence-corrected chi connectivity index (χ3v) is 15.0. The van der Waals surface area contributed by atoms with Gasteiger partial charge in [0.25, 0.3) is 0 Å². The van der Waals surface area contributed by atoms with Crippen molar-refractivity contribution in [2.24, 2.45) is 0 Å². The zero-order valence-corrected chi connectivity index (χ0v) is 48.4. The molecule has 1 aromatic heterocycles. The second kappa shape index (κ2) is 30.2. The Bertz CT molecular complexity index is 3530. The van der Waals surface area contributed by atoms with Gasteiger partial charge >= 0.3 is 29.3 Å². The normalized spacial score (nSPS) is 31.2. The molecule has 9 rings (SSSR count). The second-order valence-corrected chi connectivity index (χ2v) is 21.7. The summed E-state index contributed by atoms with van der Waals surface area (Å²) in [6, 6.07) is 16.0. The maximum Gasteiger partial charge on any atom is 0.402 e. The van der Waals surface area contributed by atoms with E-state index in [0.29, 0.717) is 11.1 Å². The number of rotatable bonds is 22. The summed E-state index contributed by atoms with van der Waals surface area (Å²) in [6.07, 6.45) is -35.3. The van der Waals surface area contributed by atoms with Gasteiger partial charge in [-0.1, -0.05) is 24.3 Å². The molecule has 0 aliphatic carbocycles. The largest absolute Gasteiger partial charge is 0.550 e. The van der Waals surface area contributed by atoms with Gasteiger partial charge in [0, 0.05) is 36.4 Å². The quantitative estimate of drug-likeness (QED) is 0.0102. The highest BCUT2D eigenvalue weighted by Gasteiger charge is 2.50. The summed E-state index contributed by atoms with van der Waals surface area (Å²) >= 11 is 0. The molecular formula is C60H64O34. The third-order valence-electron chi connectivity index (χ3n) is 15.0. The molecule has 4 aliphatic rings. The monoisotopic (exact) mass is 1330 g/mol. The number of carbonyl (C=O) groups excluding carboxylic acids is 4. The van der Waals surface area contributed by atoms with Gasteiger partial charge in [-0.05, 0) is 47.5 Å². The van der Waals surface area contributed by atoms with Gasteiger partial charge in [0.2, 0.25) is 36.7 Å². The lowest BCUT2D eigenvalue weighted by Gasteiger charge is -2.40. The van der Waals surface area contributed by atoms with Gasteiger partial charge in [0.1, 0.15) is 146 Å². The van der Waals surface area contributed by atoms with Crippen LogP contribution in [0.15, 0.2) is 95.4 Å². The highest BCUT2D eigenvalue weighted by molar-refractivity contribution is 5.90. The molecule has 5 aromatic rings. The highest BCUT2D eigenvalue weighted by atomic mass is 16.7. The van der Waals surface area contributed by atoms with Crippen LogP contribution in [0.2, 0.25) is 0 Å². The fraction of sp³-hybridized carbons (Fsp3) is 0.417. The van der Waals surface area contributed by atoms with E-state index in [-0.39, 0.29) is 22.5 Å². The number of hydrogen-bond donors (Lipinski definition) is 17. The lowest BCUT2D eigenvalue weighted by molar-refractivity contribution is -0.305. The van der Waals surface area contributed by atoms with Crippen LogP contribution in [0.25, 0.3) is 34.4 Å². The number of aliphatic hydroxyl groups excluding tert-OH is 13. The number of benzene rings is 4. The van der Waals surface area contributed by atoms with Crippen molar-refractivity contribution in [1.29, 1.82) is 0 Å². The van der Waals surface area contributed by atoms with Gasteiger partial charge in [-0.15, -0.1) is 0 Å². The second-order valence-electron chi connectivity index (χ2n) is 21.7. The average Bonchev–Trinajstić information content (AvgIpc) is 0.767. The molecule has 20 unspecified atom stereocenters. The van der Waals surface area contributed by atoms with Crippen LogP contribution in [-0.2, 0) is 52.3 Å². The molecule has 0 spiro atoms. The number of carboxylic acid groups (broad SMARTS) is 1. The number of ether oxygens (including phenoxy) is 11. The minimum absolute atomic E-state index is 0.0502. The predicted octanol–water partition coefficient (Wildman–Crippen LogP) is -4.86. The molecule has 34 heteroatoms.